The maximum atomic E-state index is 13.8. The highest BCUT2D eigenvalue weighted by atomic mass is 19.1. The first-order chi connectivity index (χ1) is 13.0. The Labute approximate surface area is 156 Å². The maximum Gasteiger partial charge on any atom is 0.289 e. The number of halogens is 2. The normalized spacial score (nSPS) is 18.2. The highest BCUT2D eigenvalue weighted by Crippen LogP contribution is 2.24. The number of carbonyl (C=O) groups is 1. The number of hydrogen-bond donors (Lipinski definition) is 0. The Balaban J connectivity index is 1.45. The smallest absolute Gasteiger partial charge is 0.289 e. The Hall–Kier alpha value is -2.73. The van der Waals surface area contributed by atoms with Crippen molar-refractivity contribution in [1.82, 2.24) is 9.80 Å². The molecule has 3 aromatic rings. The lowest BCUT2D eigenvalue weighted by molar-refractivity contribution is 0.0448. The molecule has 2 aromatic carbocycles. The first-order valence-corrected chi connectivity index (χ1v) is 8.97. The second-order valence-electron chi connectivity index (χ2n) is 6.98. The van der Waals surface area contributed by atoms with Crippen LogP contribution in [0.5, 0.6) is 0 Å². The molecule has 0 unspecified atom stereocenters. The van der Waals surface area contributed by atoms with Gasteiger partial charge in [-0.3, -0.25) is 9.69 Å². The van der Waals surface area contributed by atoms with Gasteiger partial charge in [0.2, 0.25) is 0 Å². The molecule has 1 aliphatic heterocycles. The predicted octanol–water partition coefficient (Wildman–Crippen LogP) is 4.06. The van der Waals surface area contributed by atoms with Crippen LogP contribution >= 0.6 is 0 Å². The van der Waals surface area contributed by atoms with Crippen molar-refractivity contribution in [3.05, 3.63) is 71.5 Å². The van der Waals surface area contributed by atoms with E-state index in [1.54, 1.807) is 35.2 Å². The minimum atomic E-state index is -0.469. The molecule has 1 aliphatic rings. The number of piperazine rings is 1. The van der Waals surface area contributed by atoms with Crippen LogP contribution in [0.4, 0.5) is 8.78 Å². The third-order valence-electron chi connectivity index (χ3n) is 5.00. The van der Waals surface area contributed by atoms with Crippen LogP contribution < -0.4 is 0 Å². The summed E-state index contributed by atoms with van der Waals surface area (Å²) in [6.45, 7) is 4.67. The van der Waals surface area contributed by atoms with Gasteiger partial charge in [-0.1, -0.05) is 24.3 Å². The standard InChI is InChI=1S/C21H20F2N2O2/c1-14-12-24(13-15-5-7-17(22)8-6-15)9-10-25(14)21(26)19-11-16-3-2-4-18(23)20(16)27-19/h2-8,11,14H,9-10,12-13H2,1H3/t14-/m0/s1. The van der Waals surface area contributed by atoms with Gasteiger partial charge in [-0.05, 0) is 36.8 Å². The van der Waals surface area contributed by atoms with E-state index < -0.39 is 5.82 Å². The van der Waals surface area contributed by atoms with Crippen molar-refractivity contribution in [2.75, 3.05) is 19.6 Å². The highest BCUT2D eigenvalue weighted by molar-refractivity contribution is 5.96. The van der Waals surface area contributed by atoms with Crippen molar-refractivity contribution in [1.29, 1.82) is 0 Å². The van der Waals surface area contributed by atoms with E-state index in [1.165, 1.54) is 18.2 Å². The van der Waals surface area contributed by atoms with Gasteiger partial charge in [-0.2, -0.15) is 0 Å². The number of furan rings is 1. The summed E-state index contributed by atoms with van der Waals surface area (Å²) in [5.74, 6) is -0.776. The number of amides is 1. The second kappa shape index (κ2) is 7.12. The topological polar surface area (TPSA) is 36.7 Å². The van der Waals surface area contributed by atoms with Crippen LogP contribution in [0.25, 0.3) is 11.0 Å². The van der Waals surface area contributed by atoms with Crippen LogP contribution in [-0.4, -0.2) is 41.4 Å². The summed E-state index contributed by atoms with van der Waals surface area (Å²) in [6, 6.07) is 12.7. The molecule has 2 heterocycles. The number of carbonyl (C=O) groups excluding carboxylic acids is 1. The molecular weight excluding hydrogens is 350 g/mol. The van der Waals surface area contributed by atoms with Crippen molar-refractivity contribution in [2.24, 2.45) is 0 Å². The molecule has 1 aromatic heterocycles. The van der Waals surface area contributed by atoms with Gasteiger partial charge < -0.3 is 9.32 Å². The van der Waals surface area contributed by atoms with E-state index in [4.69, 9.17) is 4.42 Å². The lowest BCUT2D eigenvalue weighted by Crippen LogP contribution is -2.53. The monoisotopic (exact) mass is 370 g/mol. The van der Waals surface area contributed by atoms with Crippen LogP contribution in [0, 0.1) is 11.6 Å². The van der Waals surface area contributed by atoms with Crippen molar-refractivity contribution in [3.8, 4) is 0 Å². The molecule has 1 amide bonds. The summed E-state index contributed by atoms with van der Waals surface area (Å²) in [6.07, 6.45) is 0. The summed E-state index contributed by atoms with van der Waals surface area (Å²) in [4.78, 5) is 16.8. The molecule has 4 rings (SSSR count). The molecular formula is C21H20F2N2O2. The zero-order valence-corrected chi connectivity index (χ0v) is 15.0. The highest BCUT2D eigenvalue weighted by Gasteiger charge is 2.30. The van der Waals surface area contributed by atoms with E-state index in [0.717, 1.165) is 5.56 Å². The summed E-state index contributed by atoms with van der Waals surface area (Å²) in [5.41, 5.74) is 1.15. The zero-order valence-electron chi connectivity index (χ0n) is 15.0. The molecule has 0 spiro atoms. The van der Waals surface area contributed by atoms with Crippen LogP contribution in [0.15, 0.2) is 52.9 Å². The number of nitrogens with zero attached hydrogens (tertiary/aromatic N) is 2. The van der Waals surface area contributed by atoms with Crippen LogP contribution in [-0.2, 0) is 6.54 Å². The third kappa shape index (κ3) is 3.57. The number of fused-ring (bicyclic) bond motifs is 1. The molecule has 1 atom stereocenters. The lowest BCUT2D eigenvalue weighted by Gasteiger charge is -2.39. The molecule has 4 nitrogen and oxygen atoms in total. The molecule has 0 aliphatic carbocycles. The number of hydrogen-bond acceptors (Lipinski definition) is 3. The van der Waals surface area contributed by atoms with Gasteiger partial charge in [0, 0.05) is 37.6 Å². The van der Waals surface area contributed by atoms with Gasteiger partial charge in [-0.15, -0.1) is 0 Å². The van der Waals surface area contributed by atoms with Gasteiger partial charge in [0.15, 0.2) is 17.2 Å². The minimum absolute atomic E-state index is 0.00948. The predicted molar refractivity (Wildman–Crippen MR) is 98.3 cm³/mol. The van der Waals surface area contributed by atoms with E-state index in [9.17, 15) is 13.6 Å². The fourth-order valence-electron chi connectivity index (χ4n) is 3.60. The summed E-state index contributed by atoms with van der Waals surface area (Å²) in [5, 5.41) is 0.584. The van der Waals surface area contributed by atoms with Crippen molar-refractivity contribution in [3.63, 3.8) is 0 Å². The molecule has 1 fully saturated rings. The van der Waals surface area contributed by atoms with Gasteiger partial charge in [0.05, 0.1) is 0 Å². The first kappa shape index (κ1) is 17.7. The Kier molecular flexibility index (Phi) is 4.66. The van der Waals surface area contributed by atoms with Crippen molar-refractivity contribution in [2.45, 2.75) is 19.5 Å². The molecule has 6 heteroatoms. The maximum absolute atomic E-state index is 13.8. The molecule has 27 heavy (non-hydrogen) atoms. The fraction of sp³-hybridized carbons (Fsp3) is 0.286. The number of benzene rings is 2. The fourth-order valence-corrected chi connectivity index (χ4v) is 3.60. The Morgan fingerprint density at radius 2 is 1.93 bits per heavy atom. The van der Waals surface area contributed by atoms with E-state index in [0.29, 0.717) is 31.6 Å². The number of rotatable bonds is 3. The van der Waals surface area contributed by atoms with E-state index in [2.05, 4.69) is 4.90 Å². The van der Waals surface area contributed by atoms with E-state index in [1.807, 2.05) is 6.92 Å². The second-order valence-corrected chi connectivity index (χ2v) is 6.98. The van der Waals surface area contributed by atoms with E-state index >= 15 is 0 Å². The average molecular weight is 370 g/mol. The average Bonchev–Trinajstić information content (AvgIpc) is 3.09. The third-order valence-corrected chi connectivity index (χ3v) is 5.00. The molecule has 0 N–H and O–H groups in total. The Morgan fingerprint density at radius 1 is 1.15 bits per heavy atom. The quantitative estimate of drug-likeness (QED) is 0.698. The van der Waals surface area contributed by atoms with Gasteiger partial charge >= 0.3 is 0 Å². The molecule has 0 saturated carbocycles. The molecule has 0 radical (unpaired) electrons. The molecule has 140 valence electrons. The summed E-state index contributed by atoms with van der Waals surface area (Å²) >= 11 is 0. The Bertz CT molecular complexity index is 968. The minimum Gasteiger partial charge on any atom is -0.448 e. The van der Waals surface area contributed by atoms with Gasteiger partial charge in [-0.25, -0.2) is 8.78 Å². The number of para-hydroxylation sites is 1. The van der Waals surface area contributed by atoms with Crippen molar-refractivity contribution < 1.29 is 18.0 Å². The van der Waals surface area contributed by atoms with Gasteiger partial charge in [0.25, 0.3) is 5.91 Å². The zero-order chi connectivity index (χ0) is 19.0. The first-order valence-electron chi connectivity index (χ1n) is 8.97. The summed E-state index contributed by atoms with van der Waals surface area (Å²) < 4.78 is 32.3. The van der Waals surface area contributed by atoms with E-state index in [-0.39, 0.29) is 29.1 Å². The molecule has 1 saturated heterocycles. The SMILES string of the molecule is C[C@H]1CN(Cc2ccc(F)cc2)CCN1C(=O)c1cc2cccc(F)c2o1. The van der Waals surface area contributed by atoms with Crippen molar-refractivity contribution >= 4 is 16.9 Å². The lowest BCUT2D eigenvalue weighted by atomic mass is 10.1. The Morgan fingerprint density at radius 3 is 2.63 bits per heavy atom. The largest absolute Gasteiger partial charge is 0.448 e. The summed E-state index contributed by atoms with van der Waals surface area (Å²) in [7, 11) is 0. The van der Waals surface area contributed by atoms with Crippen LogP contribution in [0.3, 0.4) is 0 Å². The van der Waals surface area contributed by atoms with Gasteiger partial charge in [0.1, 0.15) is 5.82 Å². The van der Waals surface area contributed by atoms with Crippen LogP contribution in [0.1, 0.15) is 23.0 Å². The van der Waals surface area contributed by atoms with Crippen LogP contribution in [0.2, 0.25) is 0 Å². The molecule has 0 bridgehead atoms.